The van der Waals surface area contributed by atoms with Gasteiger partial charge in [0, 0.05) is 25.5 Å². The molecule has 5 heteroatoms. The maximum Gasteiger partial charge on any atom is 0.156 e. The number of aliphatic imine (C=N–C) groups is 1. The fourth-order valence-corrected chi connectivity index (χ4v) is 2.49. The van der Waals surface area contributed by atoms with Crippen molar-refractivity contribution in [3.63, 3.8) is 0 Å². The van der Waals surface area contributed by atoms with Crippen LogP contribution >= 0.6 is 11.8 Å². The summed E-state index contributed by atoms with van der Waals surface area (Å²) in [5.74, 6) is 0.695. The van der Waals surface area contributed by atoms with Gasteiger partial charge < -0.3 is 14.8 Å². The second-order valence-electron chi connectivity index (χ2n) is 4.43. The molecule has 0 aromatic carbocycles. The summed E-state index contributed by atoms with van der Waals surface area (Å²) in [6.07, 6.45) is 1.01. The first-order chi connectivity index (χ1) is 8.24. The molecule has 0 spiro atoms. The highest BCUT2D eigenvalue weighted by atomic mass is 32.2. The first-order valence-corrected chi connectivity index (χ1v) is 7.13. The van der Waals surface area contributed by atoms with E-state index in [-0.39, 0.29) is 0 Å². The van der Waals surface area contributed by atoms with E-state index in [1.165, 1.54) is 0 Å². The first-order valence-electron chi connectivity index (χ1n) is 6.25. The third kappa shape index (κ3) is 6.29. The summed E-state index contributed by atoms with van der Waals surface area (Å²) in [5.41, 5.74) is 0. The van der Waals surface area contributed by atoms with E-state index in [4.69, 9.17) is 9.47 Å². The van der Waals surface area contributed by atoms with Crippen LogP contribution in [0.25, 0.3) is 0 Å². The van der Waals surface area contributed by atoms with Crippen LogP contribution in [0.5, 0.6) is 0 Å². The summed E-state index contributed by atoms with van der Waals surface area (Å²) < 4.78 is 10.3. The van der Waals surface area contributed by atoms with E-state index in [9.17, 15) is 0 Å². The van der Waals surface area contributed by atoms with Crippen molar-refractivity contribution in [2.75, 3.05) is 40.0 Å². The molecule has 0 amide bonds. The van der Waals surface area contributed by atoms with Crippen LogP contribution in [-0.4, -0.2) is 50.4 Å². The average molecular weight is 260 g/mol. The van der Waals surface area contributed by atoms with Gasteiger partial charge in [-0.3, -0.25) is 4.99 Å². The molecule has 1 aliphatic rings. The molecule has 1 rings (SSSR count). The number of hydrogen-bond acceptors (Lipinski definition) is 5. The van der Waals surface area contributed by atoms with E-state index in [2.05, 4.69) is 24.2 Å². The molecular formula is C12H24N2O2S. The fourth-order valence-electron chi connectivity index (χ4n) is 1.45. The molecule has 1 heterocycles. The molecule has 0 fully saturated rings. The van der Waals surface area contributed by atoms with Gasteiger partial charge in [-0.2, -0.15) is 0 Å². The maximum atomic E-state index is 5.39. The Morgan fingerprint density at radius 2 is 2.24 bits per heavy atom. The van der Waals surface area contributed by atoms with Crippen molar-refractivity contribution in [3.8, 4) is 0 Å². The van der Waals surface area contributed by atoms with Crippen LogP contribution in [0.1, 0.15) is 20.3 Å². The standard InChI is InChI=1S/C12H24N2O2S/c1-10(2)11-9-14-12(17-11)13-5-4-6-16-8-7-15-3/h10-11H,4-9H2,1-3H3,(H,13,14). The van der Waals surface area contributed by atoms with Gasteiger partial charge in [0.25, 0.3) is 0 Å². The molecule has 4 nitrogen and oxygen atoms in total. The second kappa shape index (κ2) is 8.78. The molecule has 1 N–H and O–H groups in total. The highest BCUT2D eigenvalue weighted by molar-refractivity contribution is 8.14. The van der Waals surface area contributed by atoms with Crippen LogP contribution < -0.4 is 5.32 Å². The molecule has 1 atom stereocenters. The molecule has 0 saturated carbocycles. The smallest absolute Gasteiger partial charge is 0.156 e. The number of thioether (sulfide) groups is 1. The number of nitrogens with zero attached hydrogens (tertiary/aromatic N) is 1. The molecule has 0 saturated heterocycles. The van der Waals surface area contributed by atoms with E-state index < -0.39 is 0 Å². The number of hydrogen-bond donors (Lipinski definition) is 1. The molecule has 0 aromatic rings. The lowest BCUT2D eigenvalue weighted by Gasteiger charge is -2.12. The van der Waals surface area contributed by atoms with Gasteiger partial charge in [-0.05, 0) is 12.3 Å². The van der Waals surface area contributed by atoms with Crippen LogP contribution in [0.2, 0.25) is 0 Å². The van der Waals surface area contributed by atoms with Crippen molar-refractivity contribution < 1.29 is 9.47 Å². The number of methoxy groups -OCH3 is 1. The summed E-state index contributed by atoms with van der Waals surface area (Å²) in [5, 5.41) is 5.11. The molecule has 0 bridgehead atoms. The minimum Gasteiger partial charge on any atom is -0.382 e. The van der Waals surface area contributed by atoms with Crippen molar-refractivity contribution in [3.05, 3.63) is 0 Å². The summed E-state index contributed by atoms with van der Waals surface area (Å²) in [6.45, 7) is 8.52. The molecular weight excluding hydrogens is 236 g/mol. The molecule has 0 radical (unpaired) electrons. The predicted molar refractivity (Wildman–Crippen MR) is 73.8 cm³/mol. The zero-order chi connectivity index (χ0) is 12.5. The molecule has 0 aromatic heterocycles. The van der Waals surface area contributed by atoms with Crippen LogP contribution in [0.4, 0.5) is 0 Å². The monoisotopic (exact) mass is 260 g/mol. The van der Waals surface area contributed by atoms with Gasteiger partial charge in [-0.1, -0.05) is 25.6 Å². The number of ether oxygens (including phenoxy) is 2. The Morgan fingerprint density at radius 3 is 2.88 bits per heavy atom. The molecule has 1 aliphatic heterocycles. The van der Waals surface area contributed by atoms with Crippen molar-refractivity contribution in [1.29, 1.82) is 0 Å². The van der Waals surface area contributed by atoms with Crippen LogP contribution in [0, 0.1) is 5.92 Å². The minimum absolute atomic E-state index is 0.649. The van der Waals surface area contributed by atoms with Crippen LogP contribution in [0.3, 0.4) is 0 Å². The fraction of sp³-hybridized carbons (Fsp3) is 0.917. The predicted octanol–water partition coefficient (Wildman–Crippen LogP) is 1.76. The quantitative estimate of drug-likeness (QED) is 0.675. The third-order valence-electron chi connectivity index (χ3n) is 2.59. The Hall–Kier alpha value is -0.260. The lowest BCUT2D eigenvalue weighted by atomic mass is 10.1. The minimum atomic E-state index is 0.649. The van der Waals surface area contributed by atoms with Crippen molar-refractivity contribution in [1.82, 2.24) is 5.32 Å². The van der Waals surface area contributed by atoms with Gasteiger partial charge in [-0.15, -0.1) is 0 Å². The van der Waals surface area contributed by atoms with E-state index in [1.807, 2.05) is 11.8 Å². The maximum absolute atomic E-state index is 5.39. The van der Waals surface area contributed by atoms with Gasteiger partial charge in [0.1, 0.15) is 0 Å². The Morgan fingerprint density at radius 1 is 1.41 bits per heavy atom. The molecule has 17 heavy (non-hydrogen) atoms. The molecule has 1 unspecified atom stereocenters. The van der Waals surface area contributed by atoms with E-state index in [0.717, 1.165) is 31.3 Å². The van der Waals surface area contributed by atoms with Gasteiger partial charge >= 0.3 is 0 Å². The first kappa shape index (κ1) is 14.8. The molecule has 0 aliphatic carbocycles. The van der Waals surface area contributed by atoms with Crippen molar-refractivity contribution >= 4 is 16.9 Å². The summed E-state index contributed by atoms with van der Waals surface area (Å²) in [6, 6.07) is 0. The summed E-state index contributed by atoms with van der Waals surface area (Å²) >= 11 is 1.87. The zero-order valence-corrected chi connectivity index (χ0v) is 11.9. The van der Waals surface area contributed by atoms with E-state index in [0.29, 0.717) is 24.4 Å². The van der Waals surface area contributed by atoms with Crippen molar-refractivity contribution in [2.45, 2.75) is 25.5 Å². The zero-order valence-electron chi connectivity index (χ0n) is 11.1. The van der Waals surface area contributed by atoms with E-state index >= 15 is 0 Å². The topological polar surface area (TPSA) is 42.9 Å². The summed E-state index contributed by atoms with van der Waals surface area (Å²) in [4.78, 5) is 4.49. The lowest BCUT2D eigenvalue weighted by molar-refractivity contribution is 0.0699. The molecule has 100 valence electrons. The van der Waals surface area contributed by atoms with Gasteiger partial charge in [0.2, 0.25) is 0 Å². The van der Waals surface area contributed by atoms with Gasteiger partial charge in [0.05, 0.1) is 19.8 Å². The second-order valence-corrected chi connectivity index (χ2v) is 5.66. The summed E-state index contributed by atoms with van der Waals surface area (Å²) in [7, 11) is 1.69. The number of amidine groups is 1. The third-order valence-corrected chi connectivity index (χ3v) is 4.09. The van der Waals surface area contributed by atoms with Gasteiger partial charge in [0.15, 0.2) is 5.17 Å². The highest BCUT2D eigenvalue weighted by Gasteiger charge is 2.21. The highest BCUT2D eigenvalue weighted by Crippen LogP contribution is 2.25. The normalized spacial score (nSPS) is 19.8. The van der Waals surface area contributed by atoms with Crippen LogP contribution in [-0.2, 0) is 9.47 Å². The lowest BCUT2D eigenvalue weighted by Crippen LogP contribution is -2.22. The Kier molecular flexibility index (Phi) is 7.64. The van der Waals surface area contributed by atoms with Crippen molar-refractivity contribution in [2.24, 2.45) is 10.9 Å². The average Bonchev–Trinajstić information content (AvgIpc) is 2.77. The van der Waals surface area contributed by atoms with Crippen LogP contribution in [0.15, 0.2) is 4.99 Å². The largest absolute Gasteiger partial charge is 0.382 e. The SMILES string of the molecule is COCCOCCCNC1=NCC(C(C)C)S1. The van der Waals surface area contributed by atoms with E-state index in [1.54, 1.807) is 7.11 Å². The Labute approximate surface area is 109 Å². The number of rotatable bonds is 8. The van der Waals surface area contributed by atoms with Gasteiger partial charge in [-0.25, -0.2) is 0 Å². The number of nitrogens with one attached hydrogen (secondary N) is 1. The Bertz CT molecular complexity index is 235. The Balaban J connectivity index is 1.94.